The molecule has 3 rings (SSSR count). The Morgan fingerprint density at radius 2 is 1.93 bits per heavy atom. The van der Waals surface area contributed by atoms with Gasteiger partial charge >= 0.3 is 0 Å². The lowest BCUT2D eigenvalue weighted by Gasteiger charge is -2.17. The Kier molecular flexibility index (Phi) is 5.63. The van der Waals surface area contributed by atoms with Gasteiger partial charge < -0.3 is 10.4 Å². The second-order valence-electron chi connectivity index (χ2n) is 5.62. The summed E-state index contributed by atoms with van der Waals surface area (Å²) in [6, 6.07) is 15.5. The zero-order valence-corrected chi connectivity index (χ0v) is 15.3. The van der Waals surface area contributed by atoms with Gasteiger partial charge in [0, 0.05) is 30.1 Å². The number of carbonyl (C=O) groups excluding carboxylic acids is 2. The minimum Gasteiger partial charge on any atom is -0.508 e. The van der Waals surface area contributed by atoms with Crippen molar-refractivity contribution in [3.05, 3.63) is 71.7 Å². The number of hydrogen-bond acceptors (Lipinski definition) is 5. The molecule has 0 atom stereocenters. The molecule has 1 heterocycles. The molecule has 0 aliphatic carbocycles. The number of phenols is 1. The van der Waals surface area contributed by atoms with Crippen molar-refractivity contribution >= 4 is 45.7 Å². The number of benzene rings is 2. The van der Waals surface area contributed by atoms with Gasteiger partial charge in [-0.25, -0.2) is 4.98 Å². The summed E-state index contributed by atoms with van der Waals surface area (Å²) in [7, 11) is 0. The number of nitrogens with one attached hydrogen (secondary N) is 1. The van der Waals surface area contributed by atoms with E-state index in [0.29, 0.717) is 16.5 Å². The summed E-state index contributed by atoms with van der Waals surface area (Å²) in [4.78, 5) is 30.0. The van der Waals surface area contributed by atoms with Crippen LogP contribution in [0.25, 0.3) is 6.08 Å². The number of phenolic OH excluding ortho intramolecular Hbond substituents is 1. The highest BCUT2D eigenvalue weighted by atomic mass is 32.1. The third-order valence-electron chi connectivity index (χ3n) is 3.55. The zero-order valence-electron chi connectivity index (χ0n) is 14.5. The molecule has 0 radical (unpaired) electrons. The minimum absolute atomic E-state index is 0.0751. The molecule has 0 fully saturated rings. The molecule has 1 aromatic heterocycles. The van der Waals surface area contributed by atoms with E-state index in [4.69, 9.17) is 0 Å². The molecule has 2 N–H and O–H groups in total. The first-order chi connectivity index (χ1) is 13.0. The monoisotopic (exact) mass is 379 g/mol. The van der Waals surface area contributed by atoms with Crippen LogP contribution in [0.1, 0.15) is 12.6 Å². The van der Waals surface area contributed by atoms with Crippen molar-refractivity contribution in [1.29, 1.82) is 0 Å². The molecule has 3 aromatic rings. The average molecular weight is 379 g/mol. The van der Waals surface area contributed by atoms with Crippen molar-refractivity contribution in [2.75, 3.05) is 10.2 Å². The first-order valence-electron chi connectivity index (χ1n) is 8.12. The molecule has 0 aliphatic rings. The molecule has 136 valence electrons. The van der Waals surface area contributed by atoms with Gasteiger partial charge in [-0.15, -0.1) is 11.3 Å². The topological polar surface area (TPSA) is 82.5 Å². The van der Waals surface area contributed by atoms with E-state index >= 15 is 0 Å². The molecule has 27 heavy (non-hydrogen) atoms. The lowest BCUT2D eigenvalue weighted by molar-refractivity contribution is -0.116. The molecule has 2 aromatic carbocycles. The van der Waals surface area contributed by atoms with Crippen LogP contribution in [0.5, 0.6) is 5.75 Å². The molecular weight excluding hydrogens is 362 g/mol. The summed E-state index contributed by atoms with van der Waals surface area (Å²) in [5, 5.41) is 14.4. The van der Waals surface area contributed by atoms with Crippen molar-refractivity contribution in [2.45, 2.75) is 6.92 Å². The highest BCUT2D eigenvalue weighted by Gasteiger charge is 2.17. The van der Waals surface area contributed by atoms with Gasteiger partial charge in [-0.3, -0.25) is 14.5 Å². The van der Waals surface area contributed by atoms with Crippen LogP contribution in [0.15, 0.2) is 66.1 Å². The second kappa shape index (κ2) is 8.29. The maximum Gasteiger partial charge on any atom is 0.248 e. The summed E-state index contributed by atoms with van der Waals surface area (Å²) in [6.07, 6.45) is 2.92. The molecule has 2 amide bonds. The summed E-state index contributed by atoms with van der Waals surface area (Å²) >= 11 is 1.32. The number of thiazole rings is 1. The van der Waals surface area contributed by atoms with Gasteiger partial charge in [0.2, 0.25) is 11.8 Å². The van der Waals surface area contributed by atoms with E-state index in [2.05, 4.69) is 10.3 Å². The highest BCUT2D eigenvalue weighted by Crippen LogP contribution is 2.29. The van der Waals surface area contributed by atoms with Crippen LogP contribution < -0.4 is 10.2 Å². The van der Waals surface area contributed by atoms with Crippen LogP contribution in [0.4, 0.5) is 16.5 Å². The Hall–Kier alpha value is -3.45. The first-order valence-corrected chi connectivity index (χ1v) is 9.00. The van der Waals surface area contributed by atoms with Crippen molar-refractivity contribution in [3.8, 4) is 5.75 Å². The second-order valence-corrected chi connectivity index (χ2v) is 6.45. The van der Waals surface area contributed by atoms with Gasteiger partial charge in [0.25, 0.3) is 0 Å². The molecule has 7 heteroatoms. The predicted molar refractivity (Wildman–Crippen MR) is 107 cm³/mol. The van der Waals surface area contributed by atoms with Gasteiger partial charge in [0.05, 0.1) is 11.4 Å². The van der Waals surface area contributed by atoms with Crippen LogP contribution >= 0.6 is 11.3 Å². The molecule has 0 bridgehead atoms. The maximum absolute atomic E-state index is 12.0. The number of aromatic hydroxyl groups is 1. The first kappa shape index (κ1) is 18.3. The number of amides is 2. The molecule has 0 saturated carbocycles. The summed E-state index contributed by atoms with van der Waals surface area (Å²) in [6.45, 7) is 1.48. The molecule has 0 spiro atoms. The van der Waals surface area contributed by atoms with Crippen LogP contribution in [0, 0.1) is 0 Å². The summed E-state index contributed by atoms with van der Waals surface area (Å²) in [5.41, 5.74) is 1.80. The van der Waals surface area contributed by atoms with Crippen molar-refractivity contribution < 1.29 is 14.7 Å². The number of nitrogens with zero attached hydrogens (tertiary/aromatic N) is 2. The lowest BCUT2D eigenvalue weighted by Crippen LogP contribution is -2.22. The third-order valence-corrected chi connectivity index (χ3v) is 4.39. The van der Waals surface area contributed by atoms with Gasteiger partial charge in [-0.1, -0.05) is 24.3 Å². The van der Waals surface area contributed by atoms with Gasteiger partial charge in [-0.2, -0.15) is 0 Å². The molecular formula is C20H17N3O3S. The largest absolute Gasteiger partial charge is 0.508 e. The van der Waals surface area contributed by atoms with Gasteiger partial charge in [0.15, 0.2) is 5.13 Å². The van der Waals surface area contributed by atoms with Crippen molar-refractivity contribution in [3.63, 3.8) is 0 Å². The van der Waals surface area contributed by atoms with E-state index in [-0.39, 0.29) is 17.6 Å². The molecule has 0 unspecified atom stereocenters. The van der Waals surface area contributed by atoms with E-state index in [0.717, 1.165) is 5.69 Å². The van der Waals surface area contributed by atoms with Crippen molar-refractivity contribution in [1.82, 2.24) is 4.98 Å². The lowest BCUT2D eigenvalue weighted by atomic mass is 10.3. The normalized spacial score (nSPS) is 10.7. The minimum atomic E-state index is -0.346. The van der Waals surface area contributed by atoms with Crippen LogP contribution in [-0.4, -0.2) is 21.9 Å². The van der Waals surface area contributed by atoms with E-state index in [9.17, 15) is 14.7 Å². The van der Waals surface area contributed by atoms with E-state index < -0.39 is 0 Å². The summed E-state index contributed by atoms with van der Waals surface area (Å²) in [5.74, 6) is -0.416. The Bertz CT molecular complexity index is 983. The zero-order chi connectivity index (χ0) is 19.2. The van der Waals surface area contributed by atoms with E-state index in [1.54, 1.807) is 23.6 Å². The number of anilines is 3. The highest BCUT2D eigenvalue weighted by molar-refractivity contribution is 7.14. The predicted octanol–water partition coefficient (Wildman–Crippen LogP) is 4.19. The fraction of sp³-hybridized carbons (Fsp3) is 0.0500. The average Bonchev–Trinajstić information content (AvgIpc) is 3.09. The third kappa shape index (κ3) is 4.80. The molecule has 0 aliphatic heterocycles. The van der Waals surface area contributed by atoms with E-state index in [1.807, 2.05) is 30.3 Å². The van der Waals surface area contributed by atoms with Gasteiger partial charge in [-0.05, 0) is 30.3 Å². The fourth-order valence-corrected chi connectivity index (χ4v) is 3.24. The smallest absolute Gasteiger partial charge is 0.248 e. The SMILES string of the molecule is CC(=O)N(c1ccccc1)c1nc(/C=C/C(=O)Nc2cccc(O)c2)cs1. The summed E-state index contributed by atoms with van der Waals surface area (Å²) < 4.78 is 0. The Morgan fingerprint density at radius 3 is 2.63 bits per heavy atom. The molecule has 6 nitrogen and oxygen atoms in total. The van der Waals surface area contributed by atoms with Gasteiger partial charge in [0.1, 0.15) is 5.75 Å². The quantitative estimate of drug-likeness (QED) is 0.652. The number of para-hydroxylation sites is 1. The van der Waals surface area contributed by atoms with E-state index in [1.165, 1.54) is 41.4 Å². The number of hydrogen-bond donors (Lipinski definition) is 2. The Balaban J connectivity index is 1.72. The fourth-order valence-electron chi connectivity index (χ4n) is 2.39. The maximum atomic E-state index is 12.0. The van der Waals surface area contributed by atoms with Crippen LogP contribution in [0.3, 0.4) is 0 Å². The Labute approximate surface area is 160 Å². The molecule has 0 saturated heterocycles. The number of aromatic nitrogens is 1. The van der Waals surface area contributed by atoms with Crippen LogP contribution in [-0.2, 0) is 9.59 Å². The number of rotatable bonds is 5. The van der Waals surface area contributed by atoms with Crippen molar-refractivity contribution in [2.24, 2.45) is 0 Å². The number of carbonyl (C=O) groups is 2. The Morgan fingerprint density at radius 1 is 1.15 bits per heavy atom. The van der Waals surface area contributed by atoms with Crippen LogP contribution in [0.2, 0.25) is 0 Å². The standard InChI is InChI=1S/C20H17N3O3S/c1-14(24)23(17-7-3-2-4-8-17)20-22-16(13-27-20)10-11-19(26)21-15-6-5-9-18(25)12-15/h2-13,25H,1H3,(H,21,26)/b11-10+.